The molecule has 29 heavy (non-hydrogen) atoms. The summed E-state index contributed by atoms with van der Waals surface area (Å²) in [5, 5.41) is 0. The summed E-state index contributed by atoms with van der Waals surface area (Å²) in [6.07, 6.45) is 1.62. The fraction of sp³-hybridized carbons (Fsp3) is 0. The van der Waals surface area contributed by atoms with Crippen LogP contribution in [0, 0.1) is 23.8 Å². The molecule has 2 heterocycles. The standard InChI is InChI=1S/C22H12F2N2O2.Pt/c23-15-10-11-18(19(24)13-15)20-7-4-9-22(26-20)28-17-6-3-5-16(14-17)27-21-8-1-2-12-25-21;/h1-10,12-13H;/q-2;+2. The number of benzene rings is 2. The van der Waals surface area contributed by atoms with E-state index < -0.39 is 11.6 Å². The summed E-state index contributed by atoms with van der Waals surface area (Å²) >= 11 is 0. The molecule has 0 spiro atoms. The van der Waals surface area contributed by atoms with E-state index in [0.29, 0.717) is 17.4 Å². The number of aromatic nitrogens is 2. The normalized spacial score (nSPS) is 10.1. The molecule has 0 fully saturated rings. The first-order valence-corrected chi connectivity index (χ1v) is 8.30. The van der Waals surface area contributed by atoms with E-state index in [1.165, 1.54) is 0 Å². The zero-order chi connectivity index (χ0) is 19.3. The fourth-order valence-corrected chi connectivity index (χ4v) is 2.43. The van der Waals surface area contributed by atoms with Crippen LogP contribution in [0.2, 0.25) is 0 Å². The molecule has 0 saturated heterocycles. The maximum absolute atomic E-state index is 14.0. The molecule has 0 unspecified atom stereocenters. The zero-order valence-electron chi connectivity index (χ0n) is 14.7. The van der Waals surface area contributed by atoms with Crippen molar-refractivity contribution in [3.05, 3.63) is 96.7 Å². The van der Waals surface area contributed by atoms with Gasteiger partial charge in [0.05, 0.1) is 0 Å². The van der Waals surface area contributed by atoms with Crippen molar-refractivity contribution in [2.24, 2.45) is 0 Å². The molecule has 0 aliphatic heterocycles. The predicted molar refractivity (Wildman–Crippen MR) is 98.1 cm³/mol. The minimum Gasteiger partial charge on any atom is -0.466 e. The summed E-state index contributed by atoms with van der Waals surface area (Å²) in [5.41, 5.74) is 0.332. The molecule has 0 bridgehead atoms. The van der Waals surface area contributed by atoms with E-state index >= 15 is 0 Å². The molecule has 0 radical (unpaired) electrons. The van der Waals surface area contributed by atoms with Gasteiger partial charge in [0, 0.05) is 35.4 Å². The summed E-state index contributed by atoms with van der Waals surface area (Å²) in [7, 11) is 0. The Bertz CT molecular complexity index is 1110. The van der Waals surface area contributed by atoms with Crippen molar-refractivity contribution in [3.63, 3.8) is 0 Å². The molecule has 4 nitrogen and oxygen atoms in total. The average molecular weight is 569 g/mol. The van der Waals surface area contributed by atoms with Crippen molar-refractivity contribution in [2.75, 3.05) is 0 Å². The van der Waals surface area contributed by atoms with Crippen LogP contribution in [-0.2, 0) is 21.1 Å². The first-order valence-electron chi connectivity index (χ1n) is 8.30. The number of halogens is 2. The molecule has 4 aromatic rings. The van der Waals surface area contributed by atoms with Gasteiger partial charge in [-0.15, -0.1) is 24.3 Å². The molecule has 7 heteroatoms. The van der Waals surface area contributed by atoms with Crippen LogP contribution in [0.1, 0.15) is 0 Å². The second-order valence-corrected chi connectivity index (χ2v) is 5.65. The third kappa shape index (κ3) is 5.24. The van der Waals surface area contributed by atoms with Crippen LogP contribution in [-0.4, -0.2) is 9.97 Å². The number of rotatable bonds is 5. The first-order chi connectivity index (χ1) is 13.7. The number of pyridine rings is 2. The molecule has 0 amide bonds. The molecular formula is C22H12F2N2O2Pt. The molecule has 2 aromatic heterocycles. The largest absolute Gasteiger partial charge is 2.00 e. The predicted octanol–water partition coefficient (Wildman–Crippen LogP) is 5.60. The Morgan fingerprint density at radius 2 is 1.55 bits per heavy atom. The van der Waals surface area contributed by atoms with Gasteiger partial charge < -0.3 is 9.47 Å². The Labute approximate surface area is 180 Å². The van der Waals surface area contributed by atoms with Crippen LogP contribution >= 0.6 is 0 Å². The minimum atomic E-state index is -0.748. The van der Waals surface area contributed by atoms with Gasteiger partial charge in [-0.25, -0.2) is 4.98 Å². The van der Waals surface area contributed by atoms with E-state index in [4.69, 9.17) is 9.47 Å². The van der Waals surface area contributed by atoms with E-state index in [1.807, 2.05) is 6.07 Å². The van der Waals surface area contributed by atoms with Crippen molar-refractivity contribution in [1.82, 2.24) is 9.97 Å². The van der Waals surface area contributed by atoms with Gasteiger partial charge in [-0.05, 0) is 17.8 Å². The van der Waals surface area contributed by atoms with Gasteiger partial charge in [-0.1, -0.05) is 35.9 Å². The van der Waals surface area contributed by atoms with Crippen LogP contribution in [0.5, 0.6) is 23.3 Å². The van der Waals surface area contributed by atoms with E-state index in [-0.39, 0.29) is 38.2 Å². The third-order valence-electron chi connectivity index (χ3n) is 3.65. The second-order valence-electron chi connectivity index (χ2n) is 5.65. The minimum absolute atomic E-state index is 0. The molecule has 4 rings (SSSR count). The molecule has 0 aliphatic carbocycles. The molecule has 0 aliphatic rings. The van der Waals surface area contributed by atoms with E-state index in [0.717, 1.165) is 12.1 Å². The van der Waals surface area contributed by atoms with E-state index in [1.54, 1.807) is 54.7 Å². The Hall–Kier alpha value is -3.11. The maximum Gasteiger partial charge on any atom is 2.00 e. The molecule has 2 aromatic carbocycles. The zero-order valence-corrected chi connectivity index (χ0v) is 17.0. The Kier molecular flexibility index (Phi) is 6.68. The van der Waals surface area contributed by atoms with Crippen LogP contribution in [0.15, 0.2) is 72.9 Å². The van der Waals surface area contributed by atoms with Gasteiger partial charge in [0.25, 0.3) is 0 Å². The Balaban J connectivity index is 0.00000240. The molecule has 0 saturated carbocycles. The van der Waals surface area contributed by atoms with Gasteiger partial charge in [-0.3, -0.25) is 13.8 Å². The quantitative estimate of drug-likeness (QED) is 0.294. The van der Waals surface area contributed by atoms with Crippen LogP contribution in [0.25, 0.3) is 11.3 Å². The van der Waals surface area contributed by atoms with Crippen molar-refractivity contribution < 1.29 is 39.3 Å². The van der Waals surface area contributed by atoms with Gasteiger partial charge in [0.2, 0.25) is 11.8 Å². The van der Waals surface area contributed by atoms with Crippen molar-refractivity contribution in [3.8, 4) is 34.5 Å². The number of hydrogen-bond acceptors (Lipinski definition) is 4. The maximum atomic E-state index is 14.0. The van der Waals surface area contributed by atoms with Crippen molar-refractivity contribution in [1.29, 1.82) is 0 Å². The summed E-state index contributed by atoms with van der Waals surface area (Å²) in [5.74, 6) is -0.0129. The average Bonchev–Trinajstić information content (AvgIpc) is 2.69. The molecular weight excluding hydrogens is 557 g/mol. The second kappa shape index (κ2) is 9.39. The van der Waals surface area contributed by atoms with Gasteiger partial charge in [-0.2, -0.15) is 6.07 Å². The van der Waals surface area contributed by atoms with Gasteiger partial charge in [0.1, 0.15) is 0 Å². The van der Waals surface area contributed by atoms with Crippen LogP contribution in [0.4, 0.5) is 8.78 Å². The fourth-order valence-electron chi connectivity index (χ4n) is 2.43. The summed E-state index contributed by atoms with van der Waals surface area (Å²) in [4.78, 5) is 8.34. The SMILES string of the molecule is Fc1c[c-]c(-c2cccc(Oc3[c-]c(Oc4ccccn4)ccc3)n2)c(F)c1.[Pt+2]. The topological polar surface area (TPSA) is 44.2 Å². The number of nitrogens with zero attached hydrogens (tertiary/aromatic N) is 2. The first kappa shape index (κ1) is 20.6. The molecule has 0 atom stereocenters. The van der Waals surface area contributed by atoms with Crippen LogP contribution in [0.3, 0.4) is 0 Å². The monoisotopic (exact) mass is 569 g/mol. The van der Waals surface area contributed by atoms with E-state index in [2.05, 4.69) is 22.1 Å². The van der Waals surface area contributed by atoms with E-state index in [9.17, 15) is 8.78 Å². The van der Waals surface area contributed by atoms with Crippen molar-refractivity contribution in [2.45, 2.75) is 0 Å². The number of hydrogen-bond donors (Lipinski definition) is 0. The van der Waals surface area contributed by atoms with Gasteiger partial charge >= 0.3 is 21.1 Å². The van der Waals surface area contributed by atoms with Gasteiger partial charge in [0.15, 0.2) is 0 Å². The van der Waals surface area contributed by atoms with Crippen LogP contribution < -0.4 is 9.47 Å². The molecule has 146 valence electrons. The Morgan fingerprint density at radius 1 is 0.828 bits per heavy atom. The third-order valence-corrected chi connectivity index (χ3v) is 3.65. The Morgan fingerprint density at radius 3 is 2.28 bits per heavy atom. The van der Waals surface area contributed by atoms with Crippen molar-refractivity contribution >= 4 is 0 Å². The smallest absolute Gasteiger partial charge is 0.466 e. The summed E-state index contributed by atoms with van der Waals surface area (Å²) < 4.78 is 38.4. The molecule has 0 N–H and O–H groups in total. The summed E-state index contributed by atoms with van der Waals surface area (Å²) in [6, 6.07) is 22.7. The summed E-state index contributed by atoms with van der Waals surface area (Å²) in [6.45, 7) is 0. The number of ether oxygens (including phenoxy) is 2.